The summed E-state index contributed by atoms with van der Waals surface area (Å²) in [5, 5.41) is 0. The number of aliphatic imine (C=N–C) groups is 2. The molecule has 154 valence electrons. The second kappa shape index (κ2) is 10.3. The molecule has 2 saturated heterocycles. The van der Waals surface area contributed by atoms with Crippen molar-refractivity contribution in [1.82, 2.24) is 14.1 Å². The average molecular weight is 401 g/mol. The van der Waals surface area contributed by atoms with Crippen LogP contribution in [-0.2, 0) is 20.5 Å². The van der Waals surface area contributed by atoms with E-state index in [4.69, 9.17) is 10.5 Å². The van der Waals surface area contributed by atoms with Crippen LogP contribution in [0.1, 0.15) is 19.8 Å². The van der Waals surface area contributed by atoms with Gasteiger partial charge in [0.2, 0.25) is 11.9 Å². The Kier molecular flexibility index (Phi) is 8.33. The molecule has 1 unspecified atom stereocenters. The van der Waals surface area contributed by atoms with E-state index >= 15 is 0 Å². The van der Waals surface area contributed by atoms with E-state index in [9.17, 15) is 9.00 Å². The van der Waals surface area contributed by atoms with Gasteiger partial charge in [-0.2, -0.15) is 0 Å². The molecule has 0 aromatic carbocycles. The van der Waals surface area contributed by atoms with Crippen molar-refractivity contribution in [3.8, 4) is 0 Å². The molecule has 27 heavy (non-hydrogen) atoms. The lowest BCUT2D eigenvalue weighted by Gasteiger charge is -2.43. The summed E-state index contributed by atoms with van der Waals surface area (Å²) >= 11 is 0. The van der Waals surface area contributed by atoms with Gasteiger partial charge in [-0.05, 0) is 19.8 Å². The van der Waals surface area contributed by atoms with E-state index in [1.807, 2.05) is 11.2 Å². The third kappa shape index (κ3) is 5.13. The SMILES string of the molecule is C/C=N\C(=NC)N1CCN(S(=O)C2(C(N)=O)CCN(CCOC)CC2)CC1. The largest absolute Gasteiger partial charge is 0.383 e. The summed E-state index contributed by atoms with van der Waals surface area (Å²) < 4.78 is 19.3. The number of piperidine rings is 1. The van der Waals surface area contributed by atoms with Crippen molar-refractivity contribution in [3.05, 3.63) is 0 Å². The topological polar surface area (TPSA) is 104 Å². The van der Waals surface area contributed by atoms with Crippen molar-refractivity contribution < 1.29 is 13.7 Å². The normalized spacial score (nSPS) is 23.7. The van der Waals surface area contributed by atoms with Crippen molar-refractivity contribution in [3.63, 3.8) is 0 Å². The fourth-order valence-electron chi connectivity index (χ4n) is 3.56. The molecule has 1 amide bonds. The van der Waals surface area contributed by atoms with Crippen molar-refractivity contribution in [1.29, 1.82) is 0 Å². The number of nitrogens with zero attached hydrogens (tertiary/aromatic N) is 5. The number of primary amides is 1. The molecule has 0 saturated carbocycles. The van der Waals surface area contributed by atoms with Crippen LogP contribution in [-0.4, -0.2) is 108 Å². The van der Waals surface area contributed by atoms with Gasteiger partial charge in [0.1, 0.15) is 15.7 Å². The maximum atomic E-state index is 13.3. The van der Waals surface area contributed by atoms with E-state index in [0.717, 1.165) is 6.54 Å². The molecule has 2 aliphatic rings. The third-order valence-electron chi connectivity index (χ3n) is 5.26. The van der Waals surface area contributed by atoms with Gasteiger partial charge in [0, 0.05) is 66.2 Å². The predicted octanol–water partition coefficient (Wildman–Crippen LogP) is -0.689. The fraction of sp³-hybridized carbons (Fsp3) is 0.824. The van der Waals surface area contributed by atoms with Crippen LogP contribution in [0.4, 0.5) is 0 Å². The number of ether oxygens (including phenoxy) is 1. The Hall–Kier alpha value is -1.36. The van der Waals surface area contributed by atoms with Gasteiger partial charge in [0.05, 0.1) is 6.61 Å². The highest BCUT2D eigenvalue weighted by Crippen LogP contribution is 2.31. The average Bonchev–Trinajstić information content (AvgIpc) is 2.70. The van der Waals surface area contributed by atoms with Crippen LogP contribution >= 0.6 is 0 Å². The van der Waals surface area contributed by atoms with Crippen LogP contribution in [0.15, 0.2) is 9.98 Å². The van der Waals surface area contributed by atoms with Crippen LogP contribution in [0.5, 0.6) is 0 Å². The molecule has 0 radical (unpaired) electrons. The third-order valence-corrected chi connectivity index (χ3v) is 7.37. The van der Waals surface area contributed by atoms with Gasteiger partial charge in [-0.25, -0.2) is 13.5 Å². The van der Waals surface area contributed by atoms with E-state index < -0.39 is 21.6 Å². The van der Waals surface area contributed by atoms with Crippen LogP contribution in [0.25, 0.3) is 0 Å². The molecule has 10 heteroatoms. The van der Waals surface area contributed by atoms with Crippen molar-refractivity contribution in [2.45, 2.75) is 24.5 Å². The lowest BCUT2D eigenvalue weighted by atomic mass is 9.95. The number of likely N-dealkylation sites (tertiary alicyclic amines) is 1. The van der Waals surface area contributed by atoms with E-state index in [1.54, 1.807) is 20.4 Å². The maximum Gasteiger partial charge on any atom is 0.237 e. The van der Waals surface area contributed by atoms with Gasteiger partial charge in [-0.1, -0.05) is 0 Å². The lowest BCUT2D eigenvalue weighted by Crippen LogP contribution is -2.60. The number of hydrogen-bond acceptors (Lipinski definition) is 5. The number of rotatable bonds is 6. The van der Waals surface area contributed by atoms with Crippen molar-refractivity contribution in [2.75, 3.05) is 66.6 Å². The number of methoxy groups -OCH3 is 1. The highest BCUT2D eigenvalue weighted by Gasteiger charge is 2.48. The molecule has 2 heterocycles. The standard InChI is InChI=1S/C17H32N6O3S/c1-4-20-16(19-2)22-9-11-23(12-10-22)27(25)17(15(18)24)5-7-21(8-6-17)13-14-26-3/h4H,5-14H2,1-3H3,(H2,18,24)/b19-16?,20-4-. The highest BCUT2D eigenvalue weighted by atomic mass is 32.2. The van der Waals surface area contributed by atoms with Crippen molar-refractivity contribution >= 4 is 29.1 Å². The van der Waals surface area contributed by atoms with Crippen LogP contribution in [0.2, 0.25) is 0 Å². The smallest absolute Gasteiger partial charge is 0.237 e. The monoisotopic (exact) mass is 400 g/mol. The first-order valence-electron chi connectivity index (χ1n) is 9.37. The number of guanidine groups is 1. The molecule has 2 aliphatic heterocycles. The van der Waals surface area contributed by atoms with Gasteiger partial charge in [-0.3, -0.25) is 9.79 Å². The highest BCUT2D eigenvalue weighted by molar-refractivity contribution is 7.85. The minimum atomic E-state index is -1.44. The molecule has 9 nitrogen and oxygen atoms in total. The Morgan fingerprint density at radius 1 is 1.22 bits per heavy atom. The number of nitrogens with two attached hydrogens (primary N) is 1. The van der Waals surface area contributed by atoms with Crippen LogP contribution in [0.3, 0.4) is 0 Å². The summed E-state index contributed by atoms with van der Waals surface area (Å²) in [6.45, 7) is 7.25. The first-order valence-corrected chi connectivity index (χ1v) is 10.5. The summed E-state index contributed by atoms with van der Waals surface area (Å²) in [4.78, 5) is 25.1. The van der Waals surface area contributed by atoms with Gasteiger partial charge in [-0.15, -0.1) is 0 Å². The second-order valence-corrected chi connectivity index (χ2v) is 8.57. The van der Waals surface area contributed by atoms with E-state index in [-0.39, 0.29) is 0 Å². The fourth-order valence-corrected chi connectivity index (χ4v) is 5.26. The number of amides is 1. The second-order valence-electron chi connectivity index (χ2n) is 6.77. The van der Waals surface area contributed by atoms with Crippen molar-refractivity contribution in [2.24, 2.45) is 15.7 Å². The zero-order valence-corrected chi connectivity index (χ0v) is 17.4. The predicted molar refractivity (Wildman–Crippen MR) is 108 cm³/mol. The summed E-state index contributed by atoms with van der Waals surface area (Å²) in [5.41, 5.74) is 5.74. The Morgan fingerprint density at radius 3 is 2.33 bits per heavy atom. The van der Waals surface area contributed by atoms with Crippen LogP contribution in [0, 0.1) is 0 Å². The summed E-state index contributed by atoms with van der Waals surface area (Å²) in [6, 6.07) is 0. The molecule has 0 bridgehead atoms. The number of piperazine rings is 1. The van der Waals surface area contributed by atoms with Gasteiger partial charge < -0.3 is 20.3 Å². The maximum absolute atomic E-state index is 13.3. The molecule has 0 aliphatic carbocycles. The molecule has 2 N–H and O–H groups in total. The van der Waals surface area contributed by atoms with Gasteiger partial charge >= 0.3 is 0 Å². The van der Waals surface area contributed by atoms with Crippen LogP contribution < -0.4 is 5.73 Å². The lowest BCUT2D eigenvalue weighted by molar-refractivity contribution is -0.121. The Morgan fingerprint density at radius 2 is 1.85 bits per heavy atom. The summed E-state index contributed by atoms with van der Waals surface area (Å²) in [7, 11) is 1.95. The molecule has 0 spiro atoms. The zero-order chi connectivity index (χ0) is 19.9. The van der Waals surface area contributed by atoms with Gasteiger partial charge in [0.15, 0.2) is 0 Å². The number of carbonyl (C=O) groups is 1. The first kappa shape index (κ1) is 21.9. The Balaban J connectivity index is 1.99. The zero-order valence-electron chi connectivity index (χ0n) is 16.6. The van der Waals surface area contributed by atoms with E-state index in [2.05, 4.69) is 19.8 Å². The number of carbonyl (C=O) groups excluding carboxylic acids is 1. The molecule has 2 rings (SSSR count). The Labute approximate surface area is 164 Å². The molecule has 0 aromatic rings. The minimum absolute atomic E-state index is 0.457. The first-order chi connectivity index (χ1) is 13.0. The van der Waals surface area contributed by atoms with E-state index in [1.165, 1.54) is 0 Å². The summed E-state index contributed by atoms with van der Waals surface area (Å²) in [5.74, 6) is 0.222. The summed E-state index contributed by atoms with van der Waals surface area (Å²) in [6.07, 6.45) is 2.74. The molecular formula is C17H32N6O3S. The quantitative estimate of drug-likeness (QED) is 0.470. The van der Waals surface area contributed by atoms with Gasteiger partial charge in [0.25, 0.3) is 0 Å². The Bertz CT molecular complexity index is 581. The molecular weight excluding hydrogens is 368 g/mol. The minimum Gasteiger partial charge on any atom is -0.383 e. The van der Waals surface area contributed by atoms with E-state index in [0.29, 0.717) is 64.7 Å². The molecule has 0 aromatic heterocycles. The molecule has 1 atom stereocenters. The molecule has 2 fully saturated rings. The number of hydrogen-bond donors (Lipinski definition) is 1.